The number of rotatable bonds is 1. The number of hydrogen-bond donors (Lipinski definition) is 2. The summed E-state index contributed by atoms with van der Waals surface area (Å²) in [5.41, 5.74) is 3.76. The van der Waals surface area contributed by atoms with Crippen LogP contribution in [0, 0.1) is 0 Å². The summed E-state index contributed by atoms with van der Waals surface area (Å²) in [7, 11) is 1.75. The lowest BCUT2D eigenvalue weighted by Gasteiger charge is -2.05. The Morgan fingerprint density at radius 3 is 2.73 bits per heavy atom. The fourth-order valence-corrected chi connectivity index (χ4v) is 2.78. The van der Waals surface area contributed by atoms with Crippen molar-refractivity contribution in [2.75, 3.05) is 0 Å². The van der Waals surface area contributed by atoms with Gasteiger partial charge in [0.2, 0.25) is 5.43 Å². The second-order valence-corrected chi connectivity index (χ2v) is 5.30. The molecular formula is C17H13N3O2. The molecule has 0 unspecified atom stereocenters. The number of aryl methyl sites for hydroxylation is 1. The number of nitrogens with zero attached hydrogens (tertiary/aromatic N) is 2. The van der Waals surface area contributed by atoms with Crippen molar-refractivity contribution in [1.82, 2.24) is 14.8 Å². The van der Waals surface area contributed by atoms with Crippen LogP contribution < -0.4 is 5.43 Å². The molecule has 4 aromatic rings. The third-order valence-electron chi connectivity index (χ3n) is 3.87. The van der Waals surface area contributed by atoms with Crippen molar-refractivity contribution in [2.24, 2.45) is 7.05 Å². The predicted octanol–water partition coefficient (Wildman–Crippen LogP) is 2.79. The first-order chi connectivity index (χ1) is 10.6. The third kappa shape index (κ3) is 1.79. The molecule has 0 bridgehead atoms. The highest BCUT2D eigenvalue weighted by Gasteiger charge is 2.10. The zero-order chi connectivity index (χ0) is 15.3. The maximum Gasteiger partial charge on any atom is 0.215 e. The number of hydrogen-bond acceptors (Lipinski definition) is 3. The molecule has 2 heterocycles. The van der Waals surface area contributed by atoms with E-state index < -0.39 is 0 Å². The van der Waals surface area contributed by atoms with Gasteiger partial charge in [-0.05, 0) is 35.4 Å². The number of H-pyrrole nitrogens is 1. The van der Waals surface area contributed by atoms with Crippen molar-refractivity contribution in [3.05, 3.63) is 58.9 Å². The molecule has 2 aromatic carbocycles. The Hall–Kier alpha value is -3.08. The van der Waals surface area contributed by atoms with E-state index in [-0.39, 0.29) is 11.2 Å². The number of aromatic nitrogens is 3. The second-order valence-electron chi connectivity index (χ2n) is 5.30. The molecule has 5 nitrogen and oxygen atoms in total. The van der Waals surface area contributed by atoms with Gasteiger partial charge in [0.25, 0.3) is 0 Å². The molecule has 0 radical (unpaired) electrons. The lowest BCUT2D eigenvalue weighted by molar-refractivity contribution is 0.475. The molecule has 2 aromatic heterocycles. The Bertz CT molecular complexity index is 1080. The van der Waals surface area contributed by atoms with E-state index in [1.165, 1.54) is 0 Å². The van der Waals surface area contributed by atoms with E-state index in [1.54, 1.807) is 36.1 Å². The van der Waals surface area contributed by atoms with E-state index >= 15 is 0 Å². The molecule has 0 aliphatic rings. The van der Waals surface area contributed by atoms with Crippen LogP contribution in [0.3, 0.4) is 0 Å². The fraction of sp³-hybridized carbons (Fsp3) is 0.0588. The van der Waals surface area contributed by atoms with Crippen molar-refractivity contribution in [3.8, 4) is 16.9 Å². The van der Waals surface area contributed by atoms with Gasteiger partial charge < -0.3 is 10.1 Å². The first-order valence-corrected chi connectivity index (χ1v) is 6.90. The first kappa shape index (κ1) is 12.6. The Labute approximate surface area is 125 Å². The number of phenols is 1. The normalized spacial score (nSPS) is 11.3. The molecular weight excluding hydrogens is 278 g/mol. The number of benzene rings is 2. The van der Waals surface area contributed by atoms with Crippen LogP contribution in [0.2, 0.25) is 0 Å². The van der Waals surface area contributed by atoms with Gasteiger partial charge in [0.15, 0.2) is 0 Å². The highest BCUT2D eigenvalue weighted by atomic mass is 16.3. The molecule has 4 rings (SSSR count). The lowest BCUT2D eigenvalue weighted by Crippen LogP contribution is -2.08. The summed E-state index contributed by atoms with van der Waals surface area (Å²) in [6.45, 7) is 0. The summed E-state index contributed by atoms with van der Waals surface area (Å²) < 4.78 is 1.58. The second kappa shape index (κ2) is 4.46. The molecule has 0 amide bonds. The SMILES string of the molecule is Cn1ncc2[nH]c3ccc(-c4cccc(O)c4)cc3c(=O)c21. The minimum absolute atomic E-state index is 0.0502. The van der Waals surface area contributed by atoms with Crippen LogP contribution in [0.5, 0.6) is 5.75 Å². The van der Waals surface area contributed by atoms with Crippen LogP contribution in [0.25, 0.3) is 33.1 Å². The molecule has 5 heteroatoms. The van der Waals surface area contributed by atoms with Gasteiger partial charge in [0.1, 0.15) is 11.3 Å². The van der Waals surface area contributed by atoms with E-state index in [1.807, 2.05) is 24.3 Å². The Morgan fingerprint density at radius 2 is 1.91 bits per heavy atom. The van der Waals surface area contributed by atoms with Gasteiger partial charge in [0, 0.05) is 18.0 Å². The van der Waals surface area contributed by atoms with Crippen molar-refractivity contribution < 1.29 is 5.11 Å². The van der Waals surface area contributed by atoms with Crippen LogP contribution in [0.4, 0.5) is 0 Å². The van der Waals surface area contributed by atoms with Crippen LogP contribution in [-0.4, -0.2) is 19.9 Å². The largest absolute Gasteiger partial charge is 0.508 e. The number of fused-ring (bicyclic) bond motifs is 2. The number of aromatic hydroxyl groups is 1. The maximum atomic E-state index is 12.7. The highest BCUT2D eigenvalue weighted by molar-refractivity contribution is 5.93. The topological polar surface area (TPSA) is 70.9 Å². The van der Waals surface area contributed by atoms with E-state index in [0.29, 0.717) is 10.9 Å². The summed E-state index contributed by atoms with van der Waals surface area (Å²) in [5, 5.41) is 14.3. The third-order valence-corrected chi connectivity index (χ3v) is 3.87. The average Bonchev–Trinajstić information content (AvgIpc) is 2.89. The Morgan fingerprint density at radius 1 is 1.09 bits per heavy atom. The quantitative estimate of drug-likeness (QED) is 0.566. The number of phenolic OH excluding ortho intramolecular Hbond substituents is 1. The van der Waals surface area contributed by atoms with Crippen LogP contribution >= 0.6 is 0 Å². The smallest absolute Gasteiger partial charge is 0.215 e. The van der Waals surface area contributed by atoms with Crippen molar-refractivity contribution in [1.29, 1.82) is 0 Å². The van der Waals surface area contributed by atoms with Gasteiger partial charge in [0.05, 0.1) is 11.7 Å². The highest BCUT2D eigenvalue weighted by Crippen LogP contribution is 2.26. The van der Waals surface area contributed by atoms with Crippen molar-refractivity contribution in [3.63, 3.8) is 0 Å². The predicted molar refractivity (Wildman–Crippen MR) is 85.9 cm³/mol. The molecule has 0 spiro atoms. The zero-order valence-electron chi connectivity index (χ0n) is 11.9. The van der Waals surface area contributed by atoms with E-state index in [4.69, 9.17) is 0 Å². The summed E-state index contributed by atoms with van der Waals surface area (Å²) in [4.78, 5) is 15.9. The van der Waals surface area contributed by atoms with Crippen molar-refractivity contribution in [2.45, 2.75) is 0 Å². The minimum Gasteiger partial charge on any atom is -0.508 e. The first-order valence-electron chi connectivity index (χ1n) is 6.90. The van der Waals surface area contributed by atoms with Crippen molar-refractivity contribution >= 4 is 21.9 Å². The van der Waals surface area contributed by atoms with Gasteiger partial charge in [-0.1, -0.05) is 18.2 Å². The van der Waals surface area contributed by atoms with Gasteiger partial charge in [-0.2, -0.15) is 5.10 Å². The maximum absolute atomic E-state index is 12.7. The van der Waals surface area contributed by atoms with Gasteiger partial charge in [-0.25, -0.2) is 0 Å². The average molecular weight is 291 g/mol. The molecule has 0 aliphatic heterocycles. The van der Waals surface area contributed by atoms with Crippen LogP contribution in [0.15, 0.2) is 53.5 Å². The summed E-state index contributed by atoms with van der Waals surface area (Å²) in [5.74, 6) is 0.202. The van der Waals surface area contributed by atoms with Gasteiger partial charge >= 0.3 is 0 Å². The summed E-state index contributed by atoms with van der Waals surface area (Å²) in [6.07, 6.45) is 1.65. The molecule has 108 valence electrons. The molecule has 0 atom stereocenters. The van der Waals surface area contributed by atoms with E-state index in [0.717, 1.165) is 22.2 Å². The fourth-order valence-electron chi connectivity index (χ4n) is 2.78. The molecule has 2 N–H and O–H groups in total. The van der Waals surface area contributed by atoms with E-state index in [9.17, 15) is 9.90 Å². The standard InChI is InChI=1S/C17H13N3O2/c1-20-16-15(9-18-20)19-14-6-5-11(8-13(14)17(16)22)10-3-2-4-12(21)7-10/h2-9,21H,1H3,(H,19,22). The van der Waals surface area contributed by atoms with Gasteiger partial charge in [-0.3, -0.25) is 9.48 Å². The Kier molecular flexibility index (Phi) is 2.56. The van der Waals surface area contributed by atoms with Crippen LogP contribution in [0.1, 0.15) is 0 Å². The monoisotopic (exact) mass is 291 g/mol. The minimum atomic E-state index is -0.0502. The molecule has 0 saturated heterocycles. The number of aromatic amines is 1. The summed E-state index contributed by atoms with van der Waals surface area (Å²) in [6, 6.07) is 12.6. The lowest BCUT2D eigenvalue weighted by atomic mass is 10.0. The zero-order valence-corrected chi connectivity index (χ0v) is 11.9. The molecule has 0 aliphatic carbocycles. The van der Waals surface area contributed by atoms with E-state index in [2.05, 4.69) is 10.1 Å². The number of pyridine rings is 1. The number of nitrogens with one attached hydrogen (secondary N) is 1. The Balaban J connectivity index is 2.04. The summed E-state index contributed by atoms with van der Waals surface area (Å²) >= 11 is 0. The molecule has 22 heavy (non-hydrogen) atoms. The molecule has 0 saturated carbocycles. The van der Waals surface area contributed by atoms with Crippen LogP contribution in [-0.2, 0) is 7.05 Å². The molecule has 0 fully saturated rings. The van der Waals surface area contributed by atoms with Gasteiger partial charge in [-0.15, -0.1) is 0 Å².